The minimum Gasteiger partial charge on any atom is -0.463 e. The van der Waals surface area contributed by atoms with Crippen LogP contribution in [0.3, 0.4) is 0 Å². The molecule has 0 fully saturated rings. The maximum Gasteiger partial charge on any atom is 0.410 e. The van der Waals surface area contributed by atoms with Gasteiger partial charge in [-0.2, -0.15) is 0 Å². The number of ether oxygens (including phenoxy) is 2. The fourth-order valence-corrected chi connectivity index (χ4v) is 2.15. The number of rotatable bonds is 4. The summed E-state index contributed by atoms with van der Waals surface area (Å²) in [6.45, 7) is 8.01. The van der Waals surface area contributed by atoms with Gasteiger partial charge in [0.15, 0.2) is 0 Å². The largest absolute Gasteiger partial charge is 0.463 e. The summed E-state index contributed by atoms with van der Waals surface area (Å²) in [5.74, 6) is -0.386. The van der Waals surface area contributed by atoms with Gasteiger partial charge in [0.25, 0.3) is 0 Å². The van der Waals surface area contributed by atoms with Crippen molar-refractivity contribution in [2.45, 2.75) is 33.3 Å². The third-order valence-electron chi connectivity index (χ3n) is 2.56. The maximum atomic E-state index is 11.9. The van der Waals surface area contributed by atoms with Crippen LogP contribution in [0.15, 0.2) is 15.0 Å². The van der Waals surface area contributed by atoms with Crippen LogP contribution in [0.5, 0.6) is 0 Å². The highest BCUT2D eigenvalue weighted by atomic mass is 79.9. The van der Waals surface area contributed by atoms with E-state index in [-0.39, 0.29) is 19.1 Å². The Labute approximate surface area is 133 Å². The average Bonchev–Trinajstić information content (AvgIpc) is 2.69. The monoisotopic (exact) mass is 360 g/mol. The molecule has 0 aromatic heterocycles. The number of amides is 1. The van der Waals surface area contributed by atoms with Gasteiger partial charge in [-0.15, -0.1) is 0 Å². The van der Waals surface area contributed by atoms with Gasteiger partial charge in [-0.3, -0.25) is 4.99 Å². The molecule has 0 aromatic rings. The van der Waals surface area contributed by atoms with E-state index in [4.69, 9.17) is 9.47 Å². The van der Waals surface area contributed by atoms with E-state index in [9.17, 15) is 9.59 Å². The Kier molecular flexibility index (Phi) is 5.95. The molecule has 0 saturated carbocycles. The first kappa shape index (κ1) is 17.7. The lowest BCUT2D eigenvalue weighted by atomic mass is 10.2. The Bertz CT molecular complexity index is 492. The molecule has 0 unspecified atom stereocenters. The van der Waals surface area contributed by atoms with Crippen LogP contribution < -0.4 is 0 Å². The lowest BCUT2D eigenvalue weighted by molar-refractivity contribution is -0.138. The van der Waals surface area contributed by atoms with Crippen molar-refractivity contribution in [1.29, 1.82) is 0 Å². The summed E-state index contributed by atoms with van der Waals surface area (Å²) in [4.78, 5) is 29.3. The summed E-state index contributed by atoms with van der Waals surface area (Å²) in [5.41, 5.74) is 0.558. The van der Waals surface area contributed by atoms with Crippen molar-refractivity contribution >= 4 is 33.7 Å². The Hall–Kier alpha value is -1.37. The predicted octanol–water partition coefficient (Wildman–Crippen LogP) is 2.52. The molecule has 0 aliphatic carbocycles. The molecule has 0 atom stereocenters. The standard InChI is InChI=1S/C14H21BrN2O4/c1-6-20-12(18)9-7-16-10(11(9)15)8-17(5)13(19)21-14(2,3)4/h6-8H2,1-5H3. The number of carbonyl (C=O) groups is 2. The third-order valence-corrected chi connectivity index (χ3v) is 3.50. The van der Waals surface area contributed by atoms with Crippen LogP contribution in [0, 0.1) is 0 Å². The molecule has 0 aromatic carbocycles. The molecule has 6 nitrogen and oxygen atoms in total. The molecule has 1 aliphatic heterocycles. The molecule has 0 N–H and O–H groups in total. The molecular formula is C14H21BrN2O4. The number of esters is 1. The molecule has 0 saturated heterocycles. The summed E-state index contributed by atoms with van der Waals surface area (Å²) >= 11 is 3.35. The number of nitrogens with zero attached hydrogens (tertiary/aromatic N) is 2. The lowest BCUT2D eigenvalue weighted by Crippen LogP contribution is -2.37. The quantitative estimate of drug-likeness (QED) is 0.722. The van der Waals surface area contributed by atoms with Crippen LogP contribution in [-0.4, -0.2) is 55.0 Å². The molecule has 1 aliphatic rings. The van der Waals surface area contributed by atoms with Gasteiger partial charge < -0.3 is 14.4 Å². The van der Waals surface area contributed by atoms with E-state index in [1.54, 1.807) is 34.7 Å². The van der Waals surface area contributed by atoms with Crippen LogP contribution in [-0.2, 0) is 14.3 Å². The predicted molar refractivity (Wildman–Crippen MR) is 83.8 cm³/mol. The first-order chi connectivity index (χ1) is 9.65. The van der Waals surface area contributed by atoms with Gasteiger partial charge in [-0.05, 0) is 43.6 Å². The van der Waals surface area contributed by atoms with Crippen LogP contribution in [0.2, 0.25) is 0 Å². The zero-order chi connectivity index (χ0) is 16.2. The van der Waals surface area contributed by atoms with Gasteiger partial charge in [0.05, 0.1) is 35.5 Å². The van der Waals surface area contributed by atoms with Crippen molar-refractivity contribution in [3.8, 4) is 0 Å². The molecule has 1 amide bonds. The molecule has 118 valence electrons. The summed E-state index contributed by atoms with van der Waals surface area (Å²) in [5, 5.41) is 0. The summed E-state index contributed by atoms with van der Waals surface area (Å²) in [6.07, 6.45) is -0.435. The number of halogens is 1. The first-order valence-corrected chi connectivity index (χ1v) is 7.48. The van der Waals surface area contributed by atoms with Gasteiger partial charge in [0, 0.05) is 7.05 Å². The second-order valence-electron chi connectivity index (χ2n) is 5.61. The third kappa shape index (κ3) is 5.15. The second-order valence-corrected chi connectivity index (χ2v) is 6.41. The molecule has 0 spiro atoms. The fourth-order valence-electron chi connectivity index (χ4n) is 1.61. The molecule has 7 heteroatoms. The number of aliphatic imine (C=N–C) groups is 1. The van der Waals surface area contributed by atoms with Crippen molar-refractivity contribution in [3.05, 3.63) is 10.1 Å². The van der Waals surface area contributed by atoms with Crippen LogP contribution >= 0.6 is 15.9 Å². The molecule has 1 rings (SSSR count). The molecule has 0 radical (unpaired) electrons. The van der Waals surface area contributed by atoms with Crippen LogP contribution in [0.25, 0.3) is 0 Å². The molecule has 0 bridgehead atoms. The molecular weight excluding hydrogens is 340 g/mol. The number of hydrogen-bond donors (Lipinski definition) is 0. The Balaban J connectivity index is 2.68. The Morgan fingerprint density at radius 1 is 1.38 bits per heavy atom. The van der Waals surface area contributed by atoms with Crippen LogP contribution in [0.4, 0.5) is 4.79 Å². The van der Waals surface area contributed by atoms with Gasteiger partial charge in [0.2, 0.25) is 0 Å². The summed E-state index contributed by atoms with van der Waals surface area (Å²) in [7, 11) is 1.62. The average molecular weight is 361 g/mol. The first-order valence-electron chi connectivity index (χ1n) is 6.69. The van der Waals surface area contributed by atoms with Gasteiger partial charge in [-0.1, -0.05) is 0 Å². The number of hydrogen-bond acceptors (Lipinski definition) is 5. The maximum absolute atomic E-state index is 11.9. The zero-order valence-corrected chi connectivity index (χ0v) is 14.6. The summed E-state index contributed by atoms with van der Waals surface area (Å²) < 4.78 is 10.8. The Morgan fingerprint density at radius 3 is 2.52 bits per heavy atom. The van der Waals surface area contributed by atoms with Crippen molar-refractivity contribution < 1.29 is 19.1 Å². The molecule has 21 heavy (non-hydrogen) atoms. The summed E-state index contributed by atoms with van der Waals surface area (Å²) in [6, 6.07) is 0. The minimum absolute atomic E-state index is 0.261. The van der Waals surface area contributed by atoms with Gasteiger partial charge >= 0.3 is 12.1 Å². The van der Waals surface area contributed by atoms with E-state index in [2.05, 4.69) is 20.9 Å². The minimum atomic E-state index is -0.550. The van der Waals surface area contributed by atoms with Crippen molar-refractivity contribution in [2.24, 2.45) is 4.99 Å². The van der Waals surface area contributed by atoms with Crippen molar-refractivity contribution in [1.82, 2.24) is 4.90 Å². The van der Waals surface area contributed by atoms with E-state index in [1.165, 1.54) is 4.90 Å². The highest BCUT2D eigenvalue weighted by molar-refractivity contribution is 9.12. The lowest BCUT2D eigenvalue weighted by Gasteiger charge is -2.24. The number of carbonyl (C=O) groups excluding carboxylic acids is 2. The van der Waals surface area contributed by atoms with Crippen LogP contribution in [0.1, 0.15) is 27.7 Å². The van der Waals surface area contributed by atoms with E-state index >= 15 is 0 Å². The smallest absolute Gasteiger partial charge is 0.410 e. The van der Waals surface area contributed by atoms with Gasteiger partial charge in [0.1, 0.15) is 5.60 Å². The van der Waals surface area contributed by atoms with E-state index < -0.39 is 11.7 Å². The topological polar surface area (TPSA) is 68.2 Å². The van der Waals surface area contributed by atoms with E-state index in [0.29, 0.717) is 22.4 Å². The highest BCUT2D eigenvalue weighted by Gasteiger charge is 2.27. The second kappa shape index (κ2) is 7.06. The van der Waals surface area contributed by atoms with E-state index in [0.717, 1.165) is 0 Å². The molecule has 1 heterocycles. The normalized spacial score (nSPS) is 14.9. The van der Waals surface area contributed by atoms with Gasteiger partial charge in [-0.25, -0.2) is 9.59 Å². The fraction of sp³-hybridized carbons (Fsp3) is 0.643. The van der Waals surface area contributed by atoms with E-state index in [1.807, 2.05) is 0 Å². The highest BCUT2D eigenvalue weighted by Crippen LogP contribution is 2.23. The Morgan fingerprint density at radius 2 is 2.00 bits per heavy atom. The van der Waals surface area contributed by atoms with Crippen molar-refractivity contribution in [2.75, 3.05) is 26.7 Å². The van der Waals surface area contributed by atoms with Crippen molar-refractivity contribution in [3.63, 3.8) is 0 Å². The zero-order valence-electron chi connectivity index (χ0n) is 13.0. The SMILES string of the molecule is CCOC(=O)C1=C(Br)C(CN(C)C(=O)OC(C)(C)C)=NC1.